The number of fused-ring (bicyclic) bond motifs is 2. The van der Waals surface area contributed by atoms with Gasteiger partial charge in [0.25, 0.3) is 5.37 Å². The molecule has 90 valence electrons. The smallest absolute Gasteiger partial charge is 0.281 e. The third-order valence-electron chi connectivity index (χ3n) is 2.64. The van der Waals surface area contributed by atoms with Crippen molar-refractivity contribution in [3.63, 3.8) is 0 Å². The summed E-state index contributed by atoms with van der Waals surface area (Å²) in [5, 5.41) is 10.3. The summed E-state index contributed by atoms with van der Waals surface area (Å²) in [4.78, 5) is 22.8. The molecule has 0 aliphatic carbocycles. The summed E-state index contributed by atoms with van der Waals surface area (Å²) in [6.07, 6.45) is 2.91. The van der Waals surface area contributed by atoms with Gasteiger partial charge >= 0.3 is 0 Å². The highest BCUT2D eigenvalue weighted by Crippen LogP contribution is 2.32. The molecule has 0 bridgehead atoms. The number of hydrogen-bond acceptors (Lipinski definition) is 5. The predicted octanol–water partition coefficient (Wildman–Crippen LogP) is 2.51. The lowest BCUT2D eigenvalue weighted by Gasteiger charge is -2.12. The van der Waals surface area contributed by atoms with E-state index in [1.165, 1.54) is 12.2 Å². The average Bonchev–Trinajstić information content (AvgIpc) is 2.38. The van der Waals surface area contributed by atoms with Gasteiger partial charge in [0.15, 0.2) is 0 Å². The molecule has 1 aromatic carbocycles. The molecule has 0 saturated carbocycles. The Morgan fingerprint density at radius 3 is 2.89 bits per heavy atom. The molecule has 5 nitrogen and oxygen atoms in total. The van der Waals surface area contributed by atoms with Crippen molar-refractivity contribution < 1.29 is 9.34 Å². The number of nitrogens with zero attached hydrogens (tertiary/aromatic N) is 1. The minimum Gasteiger partial charge on any atom is -0.455 e. The van der Waals surface area contributed by atoms with Crippen LogP contribution in [0.15, 0.2) is 44.4 Å². The molecule has 3 rings (SSSR count). The van der Waals surface area contributed by atoms with Crippen molar-refractivity contribution in [3.8, 4) is 0 Å². The first-order chi connectivity index (χ1) is 8.66. The van der Waals surface area contributed by atoms with E-state index in [9.17, 15) is 14.9 Å². The van der Waals surface area contributed by atoms with Gasteiger partial charge in [-0.1, -0.05) is 12.1 Å². The van der Waals surface area contributed by atoms with Crippen molar-refractivity contribution in [1.29, 1.82) is 0 Å². The van der Waals surface area contributed by atoms with Gasteiger partial charge in [0, 0.05) is 11.0 Å². The second-order valence-electron chi connectivity index (χ2n) is 3.77. The van der Waals surface area contributed by atoms with Crippen LogP contribution in [-0.2, 0) is 0 Å². The number of para-hydroxylation sites is 1. The van der Waals surface area contributed by atoms with Gasteiger partial charge < -0.3 is 4.42 Å². The van der Waals surface area contributed by atoms with E-state index in [1.807, 2.05) is 0 Å². The second-order valence-corrected chi connectivity index (χ2v) is 4.90. The van der Waals surface area contributed by atoms with E-state index in [1.54, 1.807) is 24.3 Å². The maximum Gasteiger partial charge on any atom is 0.281 e. The Kier molecular flexibility index (Phi) is 2.45. The number of benzene rings is 1. The summed E-state index contributed by atoms with van der Waals surface area (Å²) in [6, 6.07) is 6.87. The van der Waals surface area contributed by atoms with E-state index in [4.69, 9.17) is 4.42 Å². The van der Waals surface area contributed by atoms with Crippen LogP contribution in [0.5, 0.6) is 0 Å². The summed E-state index contributed by atoms with van der Waals surface area (Å²) in [6.45, 7) is 0. The van der Waals surface area contributed by atoms with Gasteiger partial charge in [-0.3, -0.25) is 14.9 Å². The first-order valence-electron chi connectivity index (χ1n) is 5.21. The van der Waals surface area contributed by atoms with Crippen molar-refractivity contribution in [3.05, 3.63) is 56.4 Å². The minimum absolute atomic E-state index is 0.215. The normalized spacial score (nSPS) is 17.7. The van der Waals surface area contributed by atoms with Crippen LogP contribution in [0.3, 0.4) is 0 Å². The Labute approximate surface area is 105 Å². The largest absolute Gasteiger partial charge is 0.455 e. The Balaban J connectivity index is 2.26. The molecule has 0 fully saturated rings. The third-order valence-corrected chi connectivity index (χ3v) is 3.83. The molecule has 0 saturated heterocycles. The Morgan fingerprint density at radius 2 is 2.11 bits per heavy atom. The Morgan fingerprint density at radius 1 is 1.33 bits per heavy atom. The molecule has 18 heavy (non-hydrogen) atoms. The molecule has 0 spiro atoms. The zero-order valence-corrected chi connectivity index (χ0v) is 9.85. The first kappa shape index (κ1) is 11.0. The molecule has 6 heteroatoms. The quantitative estimate of drug-likeness (QED) is 0.582. The van der Waals surface area contributed by atoms with Gasteiger partial charge in [-0.2, -0.15) is 0 Å². The van der Waals surface area contributed by atoms with Crippen molar-refractivity contribution in [2.24, 2.45) is 0 Å². The van der Waals surface area contributed by atoms with E-state index in [2.05, 4.69) is 0 Å². The monoisotopic (exact) mass is 261 g/mol. The standard InChI is InChI=1S/C12H7NO4S/c14-11-7-3-1-2-4-8(7)17-9-5-6-10(13(15)16)18-12(9)11/h1-6,10H. The fourth-order valence-electron chi connectivity index (χ4n) is 1.81. The van der Waals surface area contributed by atoms with E-state index >= 15 is 0 Å². The van der Waals surface area contributed by atoms with Crippen molar-refractivity contribution in [2.75, 3.05) is 0 Å². The number of hydrogen-bond donors (Lipinski definition) is 0. The molecule has 1 aromatic heterocycles. The molecular weight excluding hydrogens is 254 g/mol. The van der Waals surface area contributed by atoms with Crippen molar-refractivity contribution in [1.82, 2.24) is 0 Å². The van der Waals surface area contributed by atoms with Gasteiger partial charge in [-0.05, 0) is 30.0 Å². The Bertz CT molecular complexity index is 734. The van der Waals surface area contributed by atoms with Crippen molar-refractivity contribution in [2.45, 2.75) is 10.3 Å². The number of nitro groups is 1. The van der Waals surface area contributed by atoms with Gasteiger partial charge in [-0.25, -0.2) is 0 Å². The molecule has 1 atom stereocenters. The van der Waals surface area contributed by atoms with Crippen LogP contribution in [0, 0.1) is 10.1 Å². The molecule has 1 unspecified atom stereocenters. The zero-order chi connectivity index (χ0) is 12.7. The lowest BCUT2D eigenvalue weighted by Crippen LogP contribution is -2.18. The summed E-state index contributed by atoms with van der Waals surface area (Å²) in [7, 11) is 0. The van der Waals surface area contributed by atoms with Crippen LogP contribution >= 0.6 is 11.8 Å². The second kappa shape index (κ2) is 3.99. The number of thioether (sulfide) groups is 1. The maximum atomic E-state index is 12.2. The molecule has 0 amide bonds. The van der Waals surface area contributed by atoms with E-state index < -0.39 is 10.3 Å². The summed E-state index contributed by atoms with van der Waals surface area (Å²) in [5.74, 6) is 0.391. The fourth-order valence-corrected chi connectivity index (χ4v) is 2.73. The van der Waals surface area contributed by atoms with Crippen LogP contribution < -0.4 is 5.43 Å². The summed E-state index contributed by atoms with van der Waals surface area (Å²) < 4.78 is 5.56. The fraction of sp³-hybridized carbons (Fsp3) is 0.0833. The molecule has 1 aliphatic heterocycles. The van der Waals surface area contributed by atoms with Crippen LogP contribution in [0.4, 0.5) is 0 Å². The molecular formula is C12H7NO4S. The van der Waals surface area contributed by atoms with Crippen LogP contribution in [0.1, 0.15) is 5.76 Å². The Hall–Kier alpha value is -2.08. The van der Waals surface area contributed by atoms with E-state index in [0.29, 0.717) is 21.6 Å². The minimum atomic E-state index is -0.929. The zero-order valence-electron chi connectivity index (χ0n) is 9.03. The molecule has 2 aromatic rings. The lowest BCUT2D eigenvalue weighted by atomic mass is 10.2. The van der Waals surface area contributed by atoms with Crippen molar-refractivity contribution >= 4 is 28.8 Å². The van der Waals surface area contributed by atoms with Gasteiger partial charge in [0.2, 0.25) is 5.43 Å². The summed E-state index contributed by atoms with van der Waals surface area (Å²) in [5.41, 5.74) is 0.277. The van der Waals surface area contributed by atoms with E-state index in [0.717, 1.165) is 11.8 Å². The van der Waals surface area contributed by atoms with Crippen LogP contribution in [-0.4, -0.2) is 10.3 Å². The van der Waals surface area contributed by atoms with E-state index in [-0.39, 0.29) is 5.43 Å². The lowest BCUT2D eigenvalue weighted by molar-refractivity contribution is -0.483. The third kappa shape index (κ3) is 1.62. The van der Waals surface area contributed by atoms with Crippen LogP contribution in [0.25, 0.3) is 17.0 Å². The summed E-state index contributed by atoms with van der Waals surface area (Å²) >= 11 is 0.914. The highest BCUT2D eigenvalue weighted by molar-refractivity contribution is 8.00. The highest BCUT2D eigenvalue weighted by atomic mass is 32.2. The molecule has 0 radical (unpaired) electrons. The van der Waals surface area contributed by atoms with Gasteiger partial charge in [0.1, 0.15) is 16.2 Å². The molecule has 1 aliphatic rings. The predicted molar refractivity (Wildman–Crippen MR) is 68.2 cm³/mol. The van der Waals surface area contributed by atoms with Crippen LogP contribution in [0.2, 0.25) is 0 Å². The first-order valence-corrected chi connectivity index (χ1v) is 6.09. The molecule has 0 N–H and O–H groups in total. The average molecular weight is 261 g/mol. The SMILES string of the molecule is O=c1c2c(oc3ccccc13)C=CC([N+](=O)[O-])S2. The maximum absolute atomic E-state index is 12.2. The van der Waals surface area contributed by atoms with Gasteiger partial charge in [-0.15, -0.1) is 0 Å². The molecule has 2 heterocycles. The van der Waals surface area contributed by atoms with Gasteiger partial charge in [0.05, 0.1) is 5.39 Å². The topological polar surface area (TPSA) is 73.3 Å². The highest BCUT2D eigenvalue weighted by Gasteiger charge is 2.27. The number of rotatable bonds is 1.